The van der Waals surface area contributed by atoms with Crippen molar-refractivity contribution < 1.29 is 19.1 Å². The summed E-state index contributed by atoms with van der Waals surface area (Å²) in [7, 11) is 0. The van der Waals surface area contributed by atoms with Crippen molar-refractivity contribution in [3.63, 3.8) is 0 Å². The summed E-state index contributed by atoms with van der Waals surface area (Å²) in [5.41, 5.74) is 3.60. The molecule has 0 spiro atoms. The molecule has 0 radical (unpaired) electrons. The normalized spacial score (nSPS) is 17.5. The van der Waals surface area contributed by atoms with Gasteiger partial charge in [-0.25, -0.2) is 4.79 Å². The summed E-state index contributed by atoms with van der Waals surface area (Å²) in [4.78, 5) is 31.7. The van der Waals surface area contributed by atoms with Crippen LogP contribution in [0, 0.1) is 0 Å². The van der Waals surface area contributed by atoms with Crippen molar-refractivity contribution in [2.45, 2.75) is 45.4 Å². The number of anilines is 1. The van der Waals surface area contributed by atoms with E-state index in [0.29, 0.717) is 23.6 Å². The molecule has 0 atom stereocenters. The summed E-state index contributed by atoms with van der Waals surface area (Å²) in [6.07, 6.45) is 0.606. The highest BCUT2D eigenvalue weighted by Gasteiger charge is 2.35. The molecule has 0 unspecified atom stereocenters. The molecule has 2 aliphatic heterocycles. The summed E-state index contributed by atoms with van der Waals surface area (Å²) in [5.74, 6) is -0.500. The van der Waals surface area contributed by atoms with Gasteiger partial charge in [-0.2, -0.15) is 0 Å². The summed E-state index contributed by atoms with van der Waals surface area (Å²) < 4.78 is 11.3. The van der Waals surface area contributed by atoms with E-state index >= 15 is 0 Å². The molecule has 39 heavy (non-hydrogen) atoms. The summed E-state index contributed by atoms with van der Waals surface area (Å²) >= 11 is 1.42. The zero-order valence-electron chi connectivity index (χ0n) is 22.9. The Morgan fingerprint density at radius 1 is 1.00 bits per heavy atom. The average molecular weight is 548 g/mol. The molecule has 206 valence electrons. The molecular formula is C31H37N3O4S. The quantitative estimate of drug-likeness (QED) is 0.395. The number of carbonyl (C=O) groups excluding carboxylic acids is 2. The van der Waals surface area contributed by atoms with E-state index in [-0.39, 0.29) is 36.7 Å². The molecular weight excluding hydrogens is 510 g/mol. The summed E-state index contributed by atoms with van der Waals surface area (Å²) in [6.45, 7) is 10.1. The first-order valence-electron chi connectivity index (χ1n) is 13.7. The Hall–Kier alpha value is -3.04. The van der Waals surface area contributed by atoms with Crippen LogP contribution in [0.15, 0.2) is 60.7 Å². The third kappa shape index (κ3) is 6.41. The SMILES string of the molecule is CCOC(=O)c1c(NC(=O)CN2CCN(C(c3ccccc3)c3ccccc3)CC2)sc2c1CC(C)(C)OC2. The molecule has 0 aliphatic carbocycles. The fraction of sp³-hybridized carbons (Fsp3) is 0.419. The second kappa shape index (κ2) is 12.0. The van der Waals surface area contributed by atoms with Crippen LogP contribution in [-0.2, 0) is 27.3 Å². The van der Waals surface area contributed by atoms with Crippen molar-refractivity contribution >= 4 is 28.2 Å². The van der Waals surface area contributed by atoms with Crippen LogP contribution in [-0.4, -0.2) is 66.6 Å². The number of benzene rings is 2. The first-order chi connectivity index (χ1) is 18.8. The van der Waals surface area contributed by atoms with Gasteiger partial charge in [-0.1, -0.05) is 60.7 Å². The van der Waals surface area contributed by atoms with E-state index in [1.54, 1.807) is 6.92 Å². The number of amides is 1. The number of nitrogens with zero attached hydrogens (tertiary/aromatic N) is 2. The van der Waals surface area contributed by atoms with Gasteiger partial charge in [-0.3, -0.25) is 14.6 Å². The Balaban J connectivity index is 1.25. The second-order valence-corrected chi connectivity index (χ2v) is 11.8. The van der Waals surface area contributed by atoms with Crippen molar-refractivity contribution in [3.05, 3.63) is 87.8 Å². The second-order valence-electron chi connectivity index (χ2n) is 10.7. The molecule has 1 N–H and O–H groups in total. The third-order valence-electron chi connectivity index (χ3n) is 7.39. The van der Waals surface area contributed by atoms with E-state index < -0.39 is 0 Å². The van der Waals surface area contributed by atoms with Gasteiger partial charge < -0.3 is 14.8 Å². The van der Waals surface area contributed by atoms with Gasteiger partial charge in [-0.15, -0.1) is 11.3 Å². The summed E-state index contributed by atoms with van der Waals surface area (Å²) in [6, 6.07) is 21.4. The first kappa shape index (κ1) is 27.5. The molecule has 7 nitrogen and oxygen atoms in total. The highest BCUT2D eigenvalue weighted by Crippen LogP contribution is 2.41. The number of ether oxygens (including phenoxy) is 2. The van der Waals surface area contributed by atoms with Gasteiger partial charge in [0.05, 0.1) is 37.0 Å². The van der Waals surface area contributed by atoms with Gasteiger partial charge in [-0.05, 0) is 37.5 Å². The number of rotatable bonds is 8. The maximum atomic E-state index is 13.2. The van der Waals surface area contributed by atoms with Crippen molar-refractivity contribution in [1.82, 2.24) is 9.80 Å². The monoisotopic (exact) mass is 547 g/mol. The molecule has 1 amide bonds. The lowest BCUT2D eigenvalue weighted by atomic mass is 9.93. The predicted molar refractivity (Wildman–Crippen MR) is 154 cm³/mol. The van der Waals surface area contributed by atoms with E-state index in [0.717, 1.165) is 36.6 Å². The van der Waals surface area contributed by atoms with Gasteiger partial charge in [0.2, 0.25) is 5.91 Å². The summed E-state index contributed by atoms with van der Waals surface area (Å²) in [5, 5.41) is 3.60. The smallest absolute Gasteiger partial charge is 0.341 e. The standard InChI is InChI=1S/C31H37N3O4S/c1-4-37-30(36)27-24-19-31(2,3)38-21-25(24)39-29(27)32-26(35)20-33-15-17-34(18-16-33)28(22-11-7-5-8-12-22)23-13-9-6-10-14-23/h5-14,28H,4,15-21H2,1-3H3,(H,32,35). The number of thiophene rings is 1. The maximum absolute atomic E-state index is 13.2. The van der Waals surface area contributed by atoms with E-state index in [1.165, 1.54) is 22.5 Å². The molecule has 1 saturated heterocycles. The predicted octanol–water partition coefficient (Wildman–Crippen LogP) is 5.12. The lowest BCUT2D eigenvalue weighted by Crippen LogP contribution is -2.49. The van der Waals surface area contributed by atoms with E-state index in [1.807, 2.05) is 26.0 Å². The minimum atomic E-state index is -0.385. The minimum Gasteiger partial charge on any atom is -0.462 e. The number of piperazine rings is 1. The van der Waals surface area contributed by atoms with Gasteiger partial charge >= 0.3 is 5.97 Å². The Kier molecular flexibility index (Phi) is 8.47. The lowest BCUT2D eigenvalue weighted by molar-refractivity contribution is -0.117. The molecule has 2 aliphatic rings. The number of fused-ring (bicyclic) bond motifs is 1. The minimum absolute atomic E-state index is 0.115. The molecule has 2 aromatic carbocycles. The van der Waals surface area contributed by atoms with Crippen molar-refractivity contribution in [2.75, 3.05) is 44.6 Å². The van der Waals surface area contributed by atoms with Crippen molar-refractivity contribution in [3.8, 4) is 0 Å². The molecule has 5 rings (SSSR count). The molecule has 8 heteroatoms. The van der Waals surface area contributed by atoms with Crippen LogP contribution < -0.4 is 5.32 Å². The van der Waals surface area contributed by atoms with Crippen LogP contribution in [0.25, 0.3) is 0 Å². The van der Waals surface area contributed by atoms with Gasteiger partial charge in [0, 0.05) is 37.5 Å². The van der Waals surface area contributed by atoms with Gasteiger partial charge in [0.15, 0.2) is 0 Å². The first-order valence-corrected chi connectivity index (χ1v) is 14.5. The average Bonchev–Trinajstić information content (AvgIpc) is 3.27. The van der Waals surface area contributed by atoms with E-state index in [9.17, 15) is 9.59 Å². The fourth-order valence-corrected chi connectivity index (χ4v) is 6.63. The van der Waals surface area contributed by atoms with E-state index in [4.69, 9.17) is 9.47 Å². The number of hydrogen-bond donors (Lipinski definition) is 1. The molecule has 1 fully saturated rings. The zero-order valence-corrected chi connectivity index (χ0v) is 23.8. The highest BCUT2D eigenvalue weighted by molar-refractivity contribution is 7.17. The number of hydrogen-bond acceptors (Lipinski definition) is 7. The molecule has 0 saturated carbocycles. The van der Waals surface area contributed by atoms with Crippen LogP contribution in [0.1, 0.15) is 58.7 Å². The topological polar surface area (TPSA) is 71.1 Å². The number of esters is 1. The lowest BCUT2D eigenvalue weighted by Gasteiger charge is -2.39. The van der Waals surface area contributed by atoms with Crippen LogP contribution in [0.5, 0.6) is 0 Å². The van der Waals surface area contributed by atoms with Crippen LogP contribution in [0.3, 0.4) is 0 Å². The van der Waals surface area contributed by atoms with Gasteiger partial charge in [0.1, 0.15) is 5.00 Å². The van der Waals surface area contributed by atoms with Crippen molar-refractivity contribution in [2.24, 2.45) is 0 Å². The zero-order chi connectivity index (χ0) is 27.4. The Bertz CT molecular complexity index is 1240. The molecule has 1 aromatic heterocycles. The van der Waals surface area contributed by atoms with E-state index in [2.05, 4.69) is 63.6 Å². The maximum Gasteiger partial charge on any atom is 0.341 e. The Morgan fingerprint density at radius 2 is 1.62 bits per heavy atom. The number of carbonyl (C=O) groups is 2. The third-order valence-corrected chi connectivity index (χ3v) is 8.51. The van der Waals surface area contributed by atoms with Crippen molar-refractivity contribution in [1.29, 1.82) is 0 Å². The van der Waals surface area contributed by atoms with Crippen LogP contribution in [0.2, 0.25) is 0 Å². The Labute approximate surface area is 234 Å². The fourth-order valence-electron chi connectivity index (χ4n) is 5.49. The van der Waals surface area contributed by atoms with Gasteiger partial charge in [0.25, 0.3) is 0 Å². The highest BCUT2D eigenvalue weighted by atomic mass is 32.1. The Morgan fingerprint density at radius 3 is 2.21 bits per heavy atom. The van der Waals surface area contributed by atoms with Crippen LogP contribution >= 0.6 is 11.3 Å². The largest absolute Gasteiger partial charge is 0.462 e. The van der Waals surface area contributed by atoms with Crippen LogP contribution in [0.4, 0.5) is 5.00 Å². The number of nitrogens with one attached hydrogen (secondary N) is 1. The molecule has 0 bridgehead atoms. The molecule has 3 aromatic rings. The molecule has 3 heterocycles.